The van der Waals surface area contributed by atoms with Crippen LogP contribution in [0.1, 0.15) is 78.4 Å². The Bertz CT molecular complexity index is 1150. The highest BCUT2D eigenvalue weighted by atomic mass is 19.1. The molecule has 178 valence electrons. The highest BCUT2D eigenvalue weighted by Gasteiger charge is 2.52. The fraction of sp³-hybridized carbons (Fsp3) is 0.517. The highest BCUT2D eigenvalue weighted by molar-refractivity contribution is 5.94. The van der Waals surface area contributed by atoms with Crippen molar-refractivity contribution in [3.05, 3.63) is 70.8 Å². The summed E-state index contributed by atoms with van der Waals surface area (Å²) in [5, 5.41) is 9.76. The Morgan fingerprint density at radius 1 is 1.15 bits per heavy atom. The molecule has 1 amide bonds. The van der Waals surface area contributed by atoms with E-state index in [1.165, 1.54) is 22.9 Å². The van der Waals surface area contributed by atoms with Crippen molar-refractivity contribution < 1.29 is 14.3 Å². The number of aliphatic hydroxyl groups is 1. The van der Waals surface area contributed by atoms with E-state index in [1.54, 1.807) is 6.07 Å². The van der Waals surface area contributed by atoms with Crippen LogP contribution in [0.15, 0.2) is 42.7 Å². The van der Waals surface area contributed by atoms with Crippen molar-refractivity contribution in [2.24, 2.45) is 17.3 Å². The Morgan fingerprint density at radius 3 is 2.76 bits per heavy atom. The summed E-state index contributed by atoms with van der Waals surface area (Å²) in [5.74, 6) is 1.55. The zero-order valence-electron chi connectivity index (χ0n) is 19.8. The van der Waals surface area contributed by atoms with Crippen LogP contribution in [0.3, 0.4) is 0 Å². The Morgan fingerprint density at radius 2 is 1.97 bits per heavy atom. The van der Waals surface area contributed by atoms with E-state index in [0.717, 1.165) is 43.2 Å². The van der Waals surface area contributed by atoms with Gasteiger partial charge in [-0.3, -0.25) is 9.78 Å². The van der Waals surface area contributed by atoms with Gasteiger partial charge in [0.1, 0.15) is 5.82 Å². The molecular weight excluding hydrogens is 427 g/mol. The van der Waals surface area contributed by atoms with Crippen molar-refractivity contribution >= 4 is 11.5 Å². The molecule has 5 heteroatoms. The predicted molar refractivity (Wildman–Crippen MR) is 130 cm³/mol. The fourth-order valence-electron chi connectivity index (χ4n) is 7.54. The van der Waals surface area contributed by atoms with Crippen LogP contribution in [-0.4, -0.2) is 40.1 Å². The number of aromatic nitrogens is 1. The molecule has 1 aromatic heterocycles. The third kappa shape index (κ3) is 3.51. The number of allylic oxidation sites excluding steroid dienone is 2. The van der Waals surface area contributed by atoms with Gasteiger partial charge in [-0.05, 0) is 109 Å². The molecule has 3 aliphatic carbocycles. The summed E-state index contributed by atoms with van der Waals surface area (Å²) in [5.41, 5.74) is 5.85. The highest BCUT2D eigenvalue weighted by Crippen LogP contribution is 2.63. The van der Waals surface area contributed by atoms with Gasteiger partial charge >= 0.3 is 0 Å². The van der Waals surface area contributed by atoms with Gasteiger partial charge in [-0.1, -0.05) is 19.1 Å². The number of hydrogen-bond acceptors (Lipinski definition) is 3. The zero-order chi connectivity index (χ0) is 23.4. The van der Waals surface area contributed by atoms with E-state index in [9.17, 15) is 14.3 Å². The van der Waals surface area contributed by atoms with Crippen LogP contribution in [0.2, 0.25) is 0 Å². The molecule has 1 N–H and O–H groups in total. The molecule has 4 aliphatic rings. The summed E-state index contributed by atoms with van der Waals surface area (Å²) >= 11 is 0. The number of piperidine rings is 1. The molecule has 6 rings (SSSR count). The van der Waals surface area contributed by atoms with Crippen molar-refractivity contribution in [1.29, 1.82) is 0 Å². The van der Waals surface area contributed by atoms with Crippen LogP contribution >= 0.6 is 0 Å². The lowest BCUT2D eigenvalue weighted by atomic mass is 9.54. The molecule has 4 atom stereocenters. The summed E-state index contributed by atoms with van der Waals surface area (Å²) in [4.78, 5) is 19.1. The maximum Gasteiger partial charge on any atom is 0.253 e. The summed E-state index contributed by atoms with van der Waals surface area (Å²) < 4.78 is 13.9. The van der Waals surface area contributed by atoms with Gasteiger partial charge < -0.3 is 10.0 Å². The summed E-state index contributed by atoms with van der Waals surface area (Å²) in [6.07, 6.45) is 11.9. The van der Waals surface area contributed by atoms with Crippen LogP contribution in [0.4, 0.5) is 4.39 Å². The SMILES string of the molecule is C[C@]12CCC3c4ccc(C(=O)N5CCC(O)CC5)cc4CCC3C1CC=C2c1cncc(F)c1. The maximum absolute atomic E-state index is 13.9. The zero-order valence-corrected chi connectivity index (χ0v) is 19.8. The van der Waals surface area contributed by atoms with Crippen LogP contribution in [0, 0.1) is 23.1 Å². The van der Waals surface area contributed by atoms with Gasteiger partial charge in [0, 0.05) is 24.8 Å². The second-order valence-electron chi connectivity index (χ2n) is 11.1. The third-order valence-electron chi connectivity index (χ3n) is 9.32. The number of hydrogen-bond donors (Lipinski definition) is 1. The number of rotatable bonds is 2. The number of aliphatic hydroxyl groups excluding tert-OH is 1. The molecule has 2 fully saturated rings. The first-order chi connectivity index (χ1) is 16.4. The Hall–Kier alpha value is -2.53. The van der Waals surface area contributed by atoms with E-state index >= 15 is 0 Å². The van der Waals surface area contributed by atoms with E-state index < -0.39 is 0 Å². The first kappa shape index (κ1) is 22.0. The number of amides is 1. The second kappa shape index (κ2) is 8.30. The van der Waals surface area contributed by atoms with E-state index in [-0.39, 0.29) is 23.2 Å². The predicted octanol–water partition coefficient (Wildman–Crippen LogP) is 5.37. The summed E-state index contributed by atoms with van der Waals surface area (Å²) in [6.45, 7) is 3.65. The molecule has 0 spiro atoms. The number of benzene rings is 1. The minimum absolute atomic E-state index is 0.0723. The molecule has 34 heavy (non-hydrogen) atoms. The number of fused-ring (bicyclic) bond motifs is 5. The average molecular weight is 461 g/mol. The van der Waals surface area contributed by atoms with Gasteiger partial charge in [-0.15, -0.1) is 0 Å². The monoisotopic (exact) mass is 460 g/mol. The molecule has 0 radical (unpaired) electrons. The first-order valence-electron chi connectivity index (χ1n) is 12.9. The second-order valence-corrected chi connectivity index (χ2v) is 11.1. The Kier molecular flexibility index (Phi) is 5.36. The van der Waals surface area contributed by atoms with Gasteiger partial charge in [0.05, 0.1) is 12.3 Å². The fourth-order valence-corrected chi connectivity index (χ4v) is 7.54. The van der Waals surface area contributed by atoms with Crippen LogP contribution in [0.25, 0.3) is 5.57 Å². The maximum atomic E-state index is 13.9. The molecule has 1 aliphatic heterocycles. The van der Waals surface area contributed by atoms with Crippen LogP contribution < -0.4 is 0 Å². The van der Waals surface area contributed by atoms with Gasteiger partial charge in [0.15, 0.2) is 0 Å². The number of likely N-dealkylation sites (tertiary alicyclic amines) is 1. The van der Waals surface area contributed by atoms with Gasteiger partial charge in [-0.2, -0.15) is 0 Å². The summed E-state index contributed by atoms with van der Waals surface area (Å²) in [7, 11) is 0. The number of halogens is 1. The van der Waals surface area contributed by atoms with Crippen molar-refractivity contribution in [3.8, 4) is 0 Å². The number of carbonyl (C=O) groups excluding carboxylic acids is 1. The largest absolute Gasteiger partial charge is 0.393 e. The molecule has 2 heterocycles. The molecule has 0 bridgehead atoms. The lowest BCUT2D eigenvalue weighted by molar-refractivity contribution is 0.0546. The standard InChI is InChI=1S/C29H33FN2O2/c1-29-11-8-24-23-4-3-19(28(34)32-12-9-22(33)10-13-32)14-18(23)2-5-25(24)27(29)7-6-26(29)20-15-21(30)17-31-16-20/h3-4,6,14-17,22,24-25,27,33H,2,5,7-13H2,1H3/t24?,25?,27?,29-/m1/s1. The lowest BCUT2D eigenvalue weighted by Crippen LogP contribution is -2.41. The van der Waals surface area contributed by atoms with E-state index in [4.69, 9.17) is 0 Å². The molecule has 3 unspecified atom stereocenters. The smallest absolute Gasteiger partial charge is 0.253 e. The topological polar surface area (TPSA) is 53.4 Å². The van der Waals surface area contributed by atoms with Gasteiger partial charge in [0.25, 0.3) is 5.91 Å². The minimum atomic E-state index is -0.274. The van der Waals surface area contributed by atoms with E-state index in [1.807, 2.05) is 17.2 Å². The van der Waals surface area contributed by atoms with Crippen molar-refractivity contribution in [2.75, 3.05) is 13.1 Å². The van der Waals surface area contributed by atoms with Crippen LogP contribution in [0.5, 0.6) is 0 Å². The quantitative estimate of drug-likeness (QED) is 0.656. The van der Waals surface area contributed by atoms with Crippen molar-refractivity contribution in [3.63, 3.8) is 0 Å². The van der Waals surface area contributed by atoms with Gasteiger partial charge in [-0.25, -0.2) is 4.39 Å². The first-order valence-corrected chi connectivity index (χ1v) is 12.9. The minimum Gasteiger partial charge on any atom is -0.393 e. The number of aryl methyl sites for hydroxylation is 1. The Balaban J connectivity index is 1.23. The normalized spacial score (nSPS) is 30.9. The number of carbonyl (C=O) groups is 1. The van der Waals surface area contributed by atoms with Crippen LogP contribution in [-0.2, 0) is 6.42 Å². The molecule has 4 nitrogen and oxygen atoms in total. The van der Waals surface area contributed by atoms with E-state index in [0.29, 0.717) is 43.7 Å². The van der Waals surface area contributed by atoms with Crippen molar-refractivity contribution in [1.82, 2.24) is 9.88 Å². The van der Waals surface area contributed by atoms with E-state index in [2.05, 4.69) is 30.1 Å². The molecule has 2 aromatic rings. The molecular formula is C29H33FN2O2. The average Bonchev–Trinajstić information content (AvgIpc) is 3.21. The Labute approximate surface area is 200 Å². The molecule has 1 saturated carbocycles. The number of nitrogens with zero attached hydrogens (tertiary/aromatic N) is 2. The summed E-state index contributed by atoms with van der Waals surface area (Å²) in [6, 6.07) is 8.03. The number of pyridine rings is 1. The van der Waals surface area contributed by atoms with Crippen molar-refractivity contribution in [2.45, 2.75) is 63.9 Å². The molecule has 1 aromatic carbocycles. The third-order valence-corrected chi connectivity index (χ3v) is 9.32. The molecule has 1 saturated heterocycles. The lowest BCUT2D eigenvalue weighted by Gasteiger charge is -2.50. The van der Waals surface area contributed by atoms with Gasteiger partial charge in [0.2, 0.25) is 0 Å².